The molecule has 0 heterocycles. The highest BCUT2D eigenvalue weighted by Gasteiger charge is 2.27. The molecule has 2 aromatic carbocycles. The predicted molar refractivity (Wildman–Crippen MR) is 122 cm³/mol. The standard InChI is InChI=1S/C20H25N5O8S/c21-20(22)23-33-11-3-10-32-16-8-6-14(7-9-16)12-17(19(26)27)24-34(30,31)13-15-4-1-2-5-18(15)25(28)29/h1-2,4-9,17,24H,3,10-13H2,(H,26,27)(H4,21,22,23)/t17-/m0/s1. The summed E-state index contributed by atoms with van der Waals surface area (Å²) in [7, 11) is -4.18. The monoisotopic (exact) mass is 495 g/mol. The van der Waals surface area contributed by atoms with E-state index in [1.54, 1.807) is 24.3 Å². The first-order valence-electron chi connectivity index (χ1n) is 9.95. The van der Waals surface area contributed by atoms with Crippen LogP contribution in [0.25, 0.3) is 0 Å². The molecular weight excluding hydrogens is 470 g/mol. The molecule has 184 valence electrons. The van der Waals surface area contributed by atoms with Gasteiger partial charge in [-0.2, -0.15) is 0 Å². The van der Waals surface area contributed by atoms with Gasteiger partial charge in [0.25, 0.3) is 5.69 Å². The molecule has 14 heteroatoms. The fraction of sp³-hybridized carbons (Fsp3) is 0.300. The maximum absolute atomic E-state index is 12.5. The molecule has 0 aliphatic rings. The van der Waals surface area contributed by atoms with Gasteiger partial charge < -0.3 is 26.1 Å². The molecule has 0 unspecified atom stereocenters. The Labute approximate surface area is 195 Å². The summed E-state index contributed by atoms with van der Waals surface area (Å²) in [5, 5.41) is 24.0. The van der Waals surface area contributed by atoms with E-state index in [1.807, 2.05) is 0 Å². The third kappa shape index (κ3) is 8.91. The summed E-state index contributed by atoms with van der Waals surface area (Å²) in [5.41, 5.74) is 10.4. The van der Waals surface area contributed by atoms with Crippen molar-refractivity contribution >= 4 is 27.6 Å². The van der Waals surface area contributed by atoms with Crippen molar-refractivity contribution in [3.05, 3.63) is 69.8 Å². The quantitative estimate of drug-likeness (QED) is 0.0946. The first kappa shape index (κ1) is 26.3. The zero-order valence-electron chi connectivity index (χ0n) is 18.0. The summed E-state index contributed by atoms with van der Waals surface area (Å²) in [5.74, 6) is -1.77. The first-order chi connectivity index (χ1) is 16.1. The number of carboxylic acids is 1. The number of ether oxygens (including phenoxy) is 1. The van der Waals surface area contributed by atoms with Crippen molar-refractivity contribution in [2.75, 3.05) is 13.2 Å². The highest BCUT2D eigenvalue weighted by Crippen LogP contribution is 2.20. The number of para-hydroxylation sites is 1. The van der Waals surface area contributed by atoms with Gasteiger partial charge in [0, 0.05) is 18.1 Å². The molecular formula is C20H25N5O8S. The SMILES string of the molecule is NC(N)=NOCCCOc1ccc(C[C@H](NS(=O)(=O)Cc2ccccc2[N+](=O)[O-])C(=O)O)cc1. The van der Waals surface area contributed by atoms with Gasteiger partial charge in [-0.15, -0.1) is 0 Å². The van der Waals surface area contributed by atoms with Crippen molar-refractivity contribution in [2.45, 2.75) is 24.6 Å². The summed E-state index contributed by atoms with van der Waals surface area (Å²) in [6.45, 7) is 0.574. The Balaban J connectivity index is 1.95. The van der Waals surface area contributed by atoms with E-state index in [2.05, 4.69) is 9.88 Å². The Morgan fingerprint density at radius 3 is 2.44 bits per heavy atom. The Kier molecular flexibility index (Phi) is 9.58. The zero-order chi connectivity index (χ0) is 25.1. The lowest BCUT2D eigenvalue weighted by Crippen LogP contribution is -2.42. The minimum Gasteiger partial charge on any atom is -0.493 e. The summed E-state index contributed by atoms with van der Waals surface area (Å²) in [4.78, 5) is 26.9. The normalized spacial score (nSPS) is 11.9. The van der Waals surface area contributed by atoms with E-state index in [9.17, 15) is 28.4 Å². The van der Waals surface area contributed by atoms with Crippen molar-refractivity contribution in [1.82, 2.24) is 4.72 Å². The first-order valence-corrected chi connectivity index (χ1v) is 11.6. The minimum absolute atomic E-state index is 0.0469. The molecule has 0 bridgehead atoms. The van der Waals surface area contributed by atoms with Crippen molar-refractivity contribution < 1.29 is 32.8 Å². The fourth-order valence-electron chi connectivity index (χ4n) is 2.84. The van der Waals surface area contributed by atoms with Gasteiger partial charge in [0.1, 0.15) is 18.4 Å². The van der Waals surface area contributed by atoms with Crippen LogP contribution in [0.4, 0.5) is 5.69 Å². The molecule has 0 amide bonds. The molecule has 2 rings (SSSR count). The van der Waals surface area contributed by atoms with E-state index < -0.39 is 32.7 Å². The molecule has 0 saturated carbocycles. The number of sulfonamides is 1. The van der Waals surface area contributed by atoms with Crippen molar-refractivity contribution in [1.29, 1.82) is 0 Å². The predicted octanol–water partition coefficient (Wildman–Crippen LogP) is 0.684. The van der Waals surface area contributed by atoms with E-state index in [-0.39, 0.29) is 30.2 Å². The largest absolute Gasteiger partial charge is 0.493 e. The Morgan fingerprint density at radius 2 is 1.82 bits per heavy atom. The molecule has 0 aliphatic carbocycles. The Bertz CT molecular complexity index is 1120. The van der Waals surface area contributed by atoms with Crippen LogP contribution in [0.5, 0.6) is 5.75 Å². The molecule has 0 aliphatic heterocycles. The third-order valence-corrected chi connectivity index (χ3v) is 5.67. The van der Waals surface area contributed by atoms with Gasteiger partial charge in [0.2, 0.25) is 16.0 Å². The van der Waals surface area contributed by atoms with E-state index in [0.717, 1.165) is 0 Å². The second-order valence-electron chi connectivity index (χ2n) is 7.05. The van der Waals surface area contributed by atoms with Crippen LogP contribution in [-0.2, 0) is 31.8 Å². The maximum atomic E-state index is 12.5. The molecule has 0 spiro atoms. The third-order valence-electron chi connectivity index (χ3n) is 4.34. The number of aliphatic carboxylic acids is 1. The van der Waals surface area contributed by atoms with Crippen LogP contribution >= 0.6 is 0 Å². The van der Waals surface area contributed by atoms with Crippen molar-refractivity contribution in [3.63, 3.8) is 0 Å². The highest BCUT2D eigenvalue weighted by molar-refractivity contribution is 7.88. The summed E-state index contributed by atoms with van der Waals surface area (Å²) in [6, 6.07) is 10.4. The fourth-order valence-corrected chi connectivity index (χ4v) is 4.20. The molecule has 6 N–H and O–H groups in total. The second kappa shape index (κ2) is 12.4. The molecule has 1 atom stereocenters. The van der Waals surface area contributed by atoms with Crippen molar-refractivity contribution in [3.8, 4) is 5.75 Å². The lowest BCUT2D eigenvalue weighted by molar-refractivity contribution is -0.385. The number of carboxylic acid groups (broad SMARTS) is 1. The molecule has 0 aromatic heterocycles. The van der Waals surface area contributed by atoms with Crippen LogP contribution in [-0.4, -0.2) is 49.6 Å². The number of oxime groups is 1. The minimum atomic E-state index is -4.18. The molecule has 34 heavy (non-hydrogen) atoms. The van der Waals surface area contributed by atoms with Gasteiger partial charge in [-0.1, -0.05) is 30.3 Å². The van der Waals surface area contributed by atoms with Crippen LogP contribution in [0, 0.1) is 10.1 Å². The topological polar surface area (TPSA) is 209 Å². The number of hydrogen-bond acceptors (Lipinski definition) is 8. The van der Waals surface area contributed by atoms with Crippen LogP contribution in [0.1, 0.15) is 17.5 Å². The number of nitrogens with one attached hydrogen (secondary N) is 1. The summed E-state index contributed by atoms with van der Waals surface area (Å²) in [6.07, 6.45) is 0.374. The van der Waals surface area contributed by atoms with Gasteiger partial charge in [-0.25, -0.2) is 13.1 Å². The van der Waals surface area contributed by atoms with Crippen LogP contribution in [0.2, 0.25) is 0 Å². The smallest absolute Gasteiger partial charge is 0.322 e. The van der Waals surface area contributed by atoms with Crippen LogP contribution in [0.3, 0.4) is 0 Å². The van der Waals surface area contributed by atoms with E-state index in [0.29, 0.717) is 24.3 Å². The van der Waals surface area contributed by atoms with Gasteiger partial charge in [0.15, 0.2) is 0 Å². The van der Waals surface area contributed by atoms with Gasteiger partial charge in [0.05, 0.1) is 17.3 Å². The van der Waals surface area contributed by atoms with Gasteiger partial charge in [-0.3, -0.25) is 14.9 Å². The maximum Gasteiger partial charge on any atom is 0.322 e. The molecule has 13 nitrogen and oxygen atoms in total. The van der Waals surface area contributed by atoms with Crippen LogP contribution < -0.4 is 20.9 Å². The van der Waals surface area contributed by atoms with Gasteiger partial charge in [-0.05, 0) is 29.3 Å². The number of nitro benzene ring substituents is 1. The lowest BCUT2D eigenvalue weighted by atomic mass is 10.1. The Hall–Kier alpha value is -3.91. The lowest BCUT2D eigenvalue weighted by Gasteiger charge is -2.15. The van der Waals surface area contributed by atoms with Crippen LogP contribution in [0.15, 0.2) is 53.7 Å². The second-order valence-corrected chi connectivity index (χ2v) is 8.81. The number of carbonyl (C=O) groups is 1. The zero-order valence-corrected chi connectivity index (χ0v) is 18.8. The number of hydrogen-bond donors (Lipinski definition) is 4. The highest BCUT2D eigenvalue weighted by atomic mass is 32.2. The number of rotatable bonds is 14. The average molecular weight is 496 g/mol. The summed E-state index contributed by atoms with van der Waals surface area (Å²) < 4.78 is 32.7. The number of nitrogens with two attached hydrogens (primary N) is 2. The number of nitro groups is 1. The van der Waals surface area contributed by atoms with E-state index in [1.165, 1.54) is 24.3 Å². The number of benzene rings is 2. The Morgan fingerprint density at radius 1 is 1.15 bits per heavy atom. The number of nitrogens with zero attached hydrogens (tertiary/aromatic N) is 2. The summed E-state index contributed by atoms with van der Waals surface area (Å²) >= 11 is 0. The molecule has 0 saturated heterocycles. The number of guanidine groups is 1. The molecule has 0 radical (unpaired) electrons. The van der Waals surface area contributed by atoms with Crippen molar-refractivity contribution in [2.24, 2.45) is 16.6 Å². The average Bonchev–Trinajstić information content (AvgIpc) is 2.76. The van der Waals surface area contributed by atoms with Gasteiger partial charge >= 0.3 is 5.97 Å². The molecule has 2 aromatic rings. The molecule has 0 fully saturated rings. The van der Waals surface area contributed by atoms with E-state index >= 15 is 0 Å². The van der Waals surface area contributed by atoms with E-state index in [4.69, 9.17) is 21.0 Å².